The summed E-state index contributed by atoms with van der Waals surface area (Å²) in [5, 5.41) is 25.1. The first kappa shape index (κ1) is 73.9. The molecule has 3 aromatic carbocycles. The molecule has 25 heteroatoms. The first-order chi connectivity index (χ1) is 49.2. The lowest BCUT2D eigenvalue weighted by Crippen LogP contribution is -2.66. The van der Waals surface area contributed by atoms with Gasteiger partial charge in [0.05, 0.1) is 29.9 Å². The minimum absolute atomic E-state index is 0.00829. The van der Waals surface area contributed by atoms with Crippen LogP contribution in [0.25, 0.3) is 0 Å². The average Bonchev–Trinajstić information content (AvgIpc) is 0.881. The molecule has 8 N–H and O–H groups in total. The van der Waals surface area contributed by atoms with Crippen molar-refractivity contribution in [2.24, 2.45) is 23.2 Å². The standard InChI is InChI=1S/C77H108F2N16O7/c1-51(80-4)73(100)88-72(55-16-6-5-7-17-55)75(102)95-47-59(37-65(95)74(101)87-63-20-11-18-54-15-8-9-19-60(54)63)86-70(98)22-21-68(96)81-28-12-29-91-43-57-45-92(46-58(57)44-91)30-23-69(97)83-41-53-14-10-13-52(35-53)40-82-66-39-67(85-50-84-66)93-33-26-77(27-34-93)49-94(48-71(99)89-77)64-38-61(78)56(36-62(64)79)42-90-31-24-76(2,3)25-32-90/h8-10,13-15,19,35-36,38-39,50-51,55,57-59,63,65,72,80H,5-7,11-12,16-18,20-34,37,40-49H2,1-4H3,(H,81,96)(H,83,97)(H,86,98)(H,87,101)(H,88,100)(H,89,99)(H,82,84,85)/t51-,57-,58+,59-,63-,65-,72-/m0/s1. The molecule has 23 nitrogen and oxygen atoms in total. The van der Waals surface area contributed by atoms with Crippen LogP contribution in [-0.4, -0.2) is 199 Å². The van der Waals surface area contributed by atoms with Crippen molar-refractivity contribution in [1.29, 1.82) is 0 Å². The largest absolute Gasteiger partial charge is 0.366 e. The van der Waals surface area contributed by atoms with Gasteiger partial charge in [-0.3, -0.25) is 38.5 Å². The first-order valence-electron chi connectivity index (χ1n) is 37.8. The maximum absolute atomic E-state index is 15.8. The number of fused-ring (bicyclic) bond motifs is 2. The Kier molecular flexibility index (Phi) is 24.4. The number of halogens is 2. The van der Waals surface area contributed by atoms with Gasteiger partial charge in [0.15, 0.2) is 0 Å². The molecule has 7 amide bonds. The summed E-state index contributed by atoms with van der Waals surface area (Å²) in [6, 6.07) is 17.9. The molecule has 0 unspecified atom stereocenters. The van der Waals surface area contributed by atoms with E-state index in [1.807, 2.05) is 36.4 Å². The van der Waals surface area contributed by atoms with Gasteiger partial charge < -0.3 is 67.0 Å². The third kappa shape index (κ3) is 19.1. The lowest BCUT2D eigenvalue weighted by molar-refractivity contribution is -0.143. The zero-order chi connectivity index (χ0) is 71.5. The maximum Gasteiger partial charge on any atom is 0.246 e. The molecule has 102 heavy (non-hydrogen) atoms. The number of likely N-dealkylation sites (N-methyl/N-ethyl adjacent to an activating group) is 1. The number of hydrogen-bond acceptors (Lipinski definition) is 16. The maximum atomic E-state index is 15.8. The molecule has 552 valence electrons. The third-order valence-corrected chi connectivity index (χ3v) is 23.2. The number of rotatable bonds is 27. The quantitative estimate of drug-likeness (QED) is 0.0315. The van der Waals surface area contributed by atoms with Crippen molar-refractivity contribution in [2.45, 2.75) is 185 Å². The summed E-state index contributed by atoms with van der Waals surface area (Å²) < 4.78 is 31.4. The predicted molar refractivity (Wildman–Crippen MR) is 388 cm³/mol. The van der Waals surface area contributed by atoms with E-state index in [4.69, 9.17) is 0 Å². The summed E-state index contributed by atoms with van der Waals surface area (Å²) in [5.74, 6) is -0.151. The van der Waals surface area contributed by atoms with Crippen molar-refractivity contribution in [1.82, 2.24) is 66.8 Å². The van der Waals surface area contributed by atoms with Crippen molar-refractivity contribution >= 4 is 58.7 Å². The van der Waals surface area contributed by atoms with E-state index in [1.165, 1.54) is 24.0 Å². The molecule has 4 aromatic rings. The van der Waals surface area contributed by atoms with Crippen LogP contribution < -0.4 is 52.3 Å². The topological polar surface area (TPSA) is 261 Å². The van der Waals surface area contributed by atoms with Crippen LogP contribution in [0.15, 0.2) is 73.1 Å². The summed E-state index contributed by atoms with van der Waals surface area (Å²) >= 11 is 0. The van der Waals surface area contributed by atoms with E-state index in [2.05, 4.69) is 104 Å². The van der Waals surface area contributed by atoms with Gasteiger partial charge in [-0.05, 0) is 156 Å². The summed E-state index contributed by atoms with van der Waals surface area (Å²) in [6.45, 7) is 16.8. The fraction of sp³-hybridized carbons (Fsp3) is 0.623. The van der Waals surface area contributed by atoms with Crippen LogP contribution in [0.4, 0.5) is 26.1 Å². The van der Waals surface area contributed by atoms with Gasteiger partial charge in [0.25, 0.3) is 0 Å². The number of amides is 7. The van der Waals surface area contributed by atoms with Gasteiger partial charge in [-0.25, -0.2) is 18.7 Å². The SMILES string of the molecule is CN[C@@H](C)C(=O)N[C@H](C(=O)N1C[C@@H](NC(=O)CCC(=O)NCCCN2C[C@@H]3CN(CCC(=O)NCc4cccc(CNc5cc(N6CCC7(CC6)CN(c6cc(F)c(CN8CCC(C)(C)CC8)cc6F)CC(=O)N7)ncn5)c4)C[C@@H]3C2)C[C@H]1C(=O)N[C@H]1CCCc2ccccc21)C1CCCCC1. The summed E-state index contributed by atoms with van der Waals surface area (Å²) in [4.78, 5) is 117. The summed E-state index contributed by atoms with van der Waals surface area (Å²) in [6.07, 6.45) is 13.4. The average molecular weight is 1410 g/mol. The fourth-order valence-electron chi connectivity index (χ4n) is 17.0. The van der Waals surface area contributed by atoms with Gasteiger partial charge >= 0.3 is 0 Å². The Morgan fingerprint density at radius 2 is 1.42 bits per heavy atom. The smallest absolute Gasteiger partial charge is 0.246 e. The second-order valence-corrected chi connectivity index (χ2v) is 31.3. The van der Waals surface area contributed by atoms with Gasteiger partial charge in [0.1, 0.15) is 41.7 Å². The van der Waals surface area contributed by atoms with Crippen LogP contribution >= 0.6 is 0 Å². The molecule has 6 aliphatic heterocycles. The zero-order valence-electron chi connectivity index (χ0n) is 60.3. The highest BCUT2D eigenvalue weighted by Crippen LogP contribution is 2.37. The molecule has 1 spiro atoms. The molecular weight excluding hydrogens is 1300 g/mol. The van der Waals surface area contributed by atoms with Crippen molar-refractivity contribution < 1.29 is 42.3 Å². The van der Waals surface area contributed by atoms with Gasteiger partial charge in [-0.2, -0.15) is 0 Å². The predicted octanol–water partition coefficient (Wildman–Crippen LogP) is 6.07. The van der Waals surface area contributed by atoms with Gasteiger partial charge in [-0.15, -0.1) is 0 Å². The van der Waals surface area contributed by atoms with Gasteiger partial charge in [0.2, 0.25) is 41.4 Å². The van der Waals surface area contributed by atoms with Crippen molar-refractivity contribution in [2.75, 3.05) is 114 Å². The van der Waals surface area contributed by atoms with Crippen LogP contribution in [0.3, 0.4) is 0 Å². The Morgan fingerprint density at radius 3 is 2.18 bits per heavy atom. The van der Waals surface area contributed by atoms with Crippen LogP contribution in [0.1, 0.15) is 157 Å². The van der Waals surface area contributed by atoms with Crippen LogP contribution in [-0.2, 0) is 59.6 Å². The Balaban J connectivity index is 0.524. The number of benzene rings is 3. The lowest BCUT2D eigenvalue weighted by Gasteiger charge is -2.48. The lowest BCUT2D eigenvalue weighted by atomic mass is 9.82. The van der Waals surface area contributed by atoms with Crippen molar-refractivity contribution in [3.8, 4) is 0 Å². The number of likely N-dealkylation sites (tertiary alicyclic amines) is 4. The molecule has 2 aliphatic carbocycles. The van der Waals surface area contributed by atoms with E-state index in [0.29, 0.717) is 94.8 Å². The van der Waals surface area contributed by atoms with E-state index in [1.54, 1.807) is 23.8 Å². The van der Waals surface area contributed by atoms with E-state index < -0.39 is 41.3 Å². The van der Waals surface area contributed by atoms with E-state index in [9.17, 15) is 33.6 Å². The Morgan fingerprint density at radius 1 is 0.706 bits per heavy atom. The summed E-state index contributed by atoms with van der Waals surface area (Å²) in [7, 11) is 1.70. The molecule has 6 saturated heterocycles. The van der Waals surface area contributed by atoms with Gasteiger partial charge in [0, 0.05) is 128 Å². The van der Waals surface area contributed by atoms with Crippen LogP contribution in [0, 0.1) is 34.8 Å². The van der Waals surface area contributed by atoms with Crippen LogP contribution in [0.5, 0.6) is 0 Å². The second kappa shape index (κ2) is 33.7. The van der Waals surface area contributed by atoms with E-state index in [-0.39, 0.29) is 96.8 Å². The number of aromatic nitrogens is 2. The van der Waals surface area contributed by atoms with Crippen molar-refractivity contribution in [3.05, 3.63) is 113 Å². The van der Waals surface area contributed by atoms with Gasteiger partial charge in [-0.1, -0.05) is 81.6 Å². The number of carbonyl (C=O) groups is 7. The van der Waals surface area contributed by atoms with Crippen LogP contribution in [0.2, 0.25) is 0 Å². The highest BCUT2D eigenvalue weighted by Gasteiger charge is 2.47. The fourth-order valence-corrected chi connectivity index (χ4v) is 17.0. The number of piperazine rings is 1. The molecule has 0 radical (unpaired) electrons. The molecule has 7 heterocycles. The molecule has 7 atom stereocenters. The number of carbonyl (C=O) groups excluding carboxylic acids is 7. The number of nitrogens with zero attached hydrogens (tertiary/aromatic N) is 8. The molecule has 1 saturated carbocycles. The number of piperidine rings is 2. The first-order valence-corrected chi connectivity index (χ1v) is 37.8. The minimum Gasteiger partial charge on any atom is -0.366 e. The molecule has 8 aliphatic rings. The molecule has 1 aromatic heterocycles. The number of hydrogen-bond donors (Lipinski definition) is 8. The van der Waals surface area contributed by atoms with E-state index in [0.717, 1.165) is 139 Å². The number of aryl methyl sites for hydroxylation is 1. The molecule has 7 fully saturated rings. The molecule has 12 rings (SSSR count). The Hall–Kier alpha value is -7.87. The third-order valence-electron chi connectivity index (χ3n) is 23.2. The summed E-state index contributed by atoms with van der Waals surface area (Å²) in [5.41, 5.74) is 4.43. The molecule has 0 bridgehead atoms. The second-order valence-electron chi connectivity index (χ2n) is 31.3. The monoisotopic (exact) mass is 1410 g/mol. The Bertz CT molecular complexity index is 3600. The van der Waals surface area contributed by atoms with Crippen molar-refractivity contribution in [3.63, 3.8) is 0 Å². The highest BCUT2D eigenvalue weighted by atomic mass is 19.1. The van der Waals surface area contributed by atoms with E-state index >= 15 is 8.78 Å². The minimum atomic E-state index is -0.853. The molecular formula is C77H108F2N16O7. The zero-order valence-corrected chi connectivity index (χ0v) is 60.3. The number of anilines is 3. The Labute approximate surface area is 599 Å². The number of nitrogens with one attached hydrogen (secondary N) is 8. The highest BCUT2D eigenvalue weighted by molar-refractivity contribution is 5.94. The normalized spacial score (nSPS) is 23.6.